The maximum absolute atomic E-state index is 13.5. The number of ether oxygens (including phenoxy) is 1. The number of amides is 2. The third-order valence-corrected chi connectivity index (χ3v) is 6.77. The van der Waals surface area contributed by atoms with Crippen LogP contribution in [-0.4, -0.2) is 48.4 Å². The Kier molecular flexibility index (Phi) is 9.03. The predicted octanol–water partition coefficient (Wildman–Crippen LogP) is 5.73. The van der Waals surface area contributed by atoms with E-state index in [2.05, 4.69) is 0 Å². The van der Waals surface area contributed by atoms with Gasteiger partial charge in [0.05, 0.1) is 13.2 Å². The summed E-state index contributed by atoms with van der Waals surface area (Å²) in [6.45, 7) is 1.66. The maximum atomic E-state index is 13.5. The van der Waals surface area contributed by atoms with Crippen molar-refractivity contribution in [1.82, 2.24) is 9.80 Å². The van der Waals surface area contributed by atoms with Crippen LogP contribution >= 0.6 is 11.3 Å². The molecule has 2 amide bonds. The lowest BCUT2D eigenvalue weighted by atomic mass is 10.0. The van der Waals surface area contributed by atoms with Crippen molar-refractivity contribution in [2.75, 3.05) is 26.8 Å². The summed E-state index contributed by atoms with van der Waals surface area (Å²) in [4.78, 5) is 31.4. The van der Waals surface area contributed by atoms with E-state index >= 15 is 0 Å². The van der Waals surface area contributed by atoms with E-state index in [4.69, 9.17) is 4.74 Å². The second-order valence-corrected chi connectivity index (χ2v) is 9.51. The summed E-state index contributed by atoms with van der Waals surface area (Å²) in [5.41, 5.74) is 3.73. The van der Waals surface area contributed by atoms with Gasteiger partial charge in [-0.15, -0.1) is 11.3 Å². The lowest BCUT2D eigenvalue weighted by molar-refractivity contribution is -0.133. The minimum absolute atomic E-state index is 0.0131. The van der Waals surface area contributed by atoms with E-state index in [1.165, 1.54) is 0 Å². The van der Waals surface area contributed by atoms with Gasteiger partial charge in [-0.25, -0.2) is 0 Å². The minimum Gasteiger partial charge on any atom is -0.383 e. The normalized spacial score (nSPS) is 10.7. The molecule has 0 N–H and O–H groups in total. The quantitative estimate of drug-likeness (QED) is 0.265. The van der Waals surface area contributed by atoms with E-state index in [0.717, 1.165) is 21.6 Å². The average molecular weight is 499 g/mol. The Bertz CT molecular complexity index is 1230. The van der Waals surface area contributed by atoms with Crippen LogP contribution in [0.1, 0.15) is 20.8 Å². The molecule has 0 atom stereocenters. The highest BCUT2D eigenvalue weighted by molar-refractivity contribution is 7.09. The smallest absolute Gasteiger partial charge is 0.254 e. The third kappa shape index (κ3) is 6.90. The Morgan fingerprint density at radius 2 is 1.42 bits per heavy atom. The van der Waals surface area contributed by atoms with E-state index in [9.17, 15) is 9.59 Å². The van der Waals surface area contributed by atoms with Crippen LogP contribution in [0.3, 0.4) is 0 Å². The standard InChI is InChI=1S/C30H30N2O3S/c1-35-19-18-31(30(34)27-16-14-26(15-17-27)25-11-6-3-7-12-25)23-29(33)32(22-28-13-8-20-36-28)21-24-9-4-2-5-10-24/h2-17,20H,18-19,21-23H2,1H3. The molecule has 3 aromatic carbocycles. The van der Waals surface area contributed by atoms with Gasteiger partial charge in [0.25, 0.3) is 5.91 Å². The maximum Gasteiger partial charge on any atom is 0.254 e. The fourth-order valence-corrected chi connectivity index (χ4v) is 4.68. The molecule has 4 rings (SSSR count). The number of carbonyl (C=O) groups excluding carboxylic acids is 2. The first-order chi connectivity index (χ1) is 17.6. The fraction of sp³-hybridized carbons (Fsp3) is 0.200. The first-order valence-electron chi connectivity index (χ1n) is 11.9. The van der Waals surface area contributed by atoms with E-state index in [-0.39, 0.29) is 18.4 Å². The molecule has 184 valence electrons. The Morgan fingerprint density at radius 1 is 0.750 bits per heavy atom. The van der Waals surface area contributed by atoms with Crippen molar-refractivity contribution in [3.05, 3.63) is 118 Å². The lowest BCUT2D eigenvalue weighted by Gasteiger charge is -2.27. The van der Waals surface area contributed by atoms with Gasteiger partial charge in [0, 0.05) is 30.6 Å². The largest absolute Gasteiger partial charge is 0.383 e. The summed E-state index contributed by atoms with van der Waals surface area (Å²) in [6.07, 6.45) is 0. The third-order valence-electron chi connectivity index (χ3n) is 5.91. The van der Waals surface area contributed by atoms with Gasteiger partial charge in [0.15, 0.2) is 0 Å². The van der Waals surface area contributed by atoms with E-state index < -0.39 is 0 Å². The zero-order valence-electron chi connectivity index (χ0n) is 20.4. The Labute approximate surface area is 216 Å². The Balaban J connectivity index is 1.51. The first kappa shape index (κ1) is 25.4. The highest BCUT2D eigenvalue weighted by Gasteiger charge is 2.23. The number of nitrogens with zero attached hydrogens (tertiary/aromatic N) is 2. The molecule has 5 nitrogen and oxygen atoms in total. The number of methoxy groups -OCH3 is 1. The SMILES string of the molecule is COCCN(CC(=O)N(Cc1ccccc1)Cc1cccs1)C(=O)c1ccc(-c2ccccc2)cc1. The Morgan fingerprint density at radius 3 is 2.06 bits per heavy atom. The second-order valence-electron chi connectivity index (χ2n) is 8.48. The van der Waals surface area contributed by atoms with Crippen molar-refractivity contribution < 1.29 is 14.3 Å². The van der Waals surface area contributed by atoms with Gasteiger partial charge in [-0.05, 0) is 40.3 Å². The van der Waals surface area contributed by atoms with Crippen molar-refractivity contribution >= 4 is 23.2 Å². The van der Waals surface area contributed by atoms with Crippen molar-refractivity contribution in [2.24, 2.45) is 0 Å². The van der Waals surface area contributed by atoms with Crippen LogP contribution < -0.4 is 0 Å². The molecule has 0 aliphatic carbocycles. The summed E-state index contributed by atoms with van der Waals surface area (Å²) >= 11 is 1.62. The van der Waals surface area contributed by atoms with Crippen molar-refractivity contribution in [2.45, 2.75) is 13.1 Å². The molecule has 0 saturated carbocycles. The molecule has 6 heteroatoms. The number of hydrogen-bond acceptors (Lipinski definition) is 4. The van der Waals surface area contributed by atoms with Gasteiger partial charge in [0.1, 0.15) is 6.54 Å². The number of benzene rings is 3. The molecule has 0 aliphatic heterocycles. The van der Waals surface area contributed by atoms with Gasteiger partial charge < -0.3 is 14.5 Å². The highest BCUT2D eigenvalue weighted by Crippen LogP contribution is 2.20. The summed E-state index contributed by atoms with van der Waals surface area (Å²) in [6, 6.07) is 31.5. The van der Waals surface area contributed by atoms with Crippen LogP contribution in [0.2, 0.25) is 0 Å². The molecule has 0 aliphatic rings. The van der Waals surface area contributed by atoms with Gasteiger partial charge in [-0.2, -0.15) is 0 Å². The van der Waals surface area contributed by atoms with Crippen LogP contribution in [0.25, 0.3) is 11.1 Å². The van der Waals surface area contributed by atoms with Crippen molar-refractivity contribution in [1.29, 1.82) is 0 Å². The van der Waals surface area contributed by atoms with E-state index in [1.807, 2.05) is 107 Å². The topological polar surface area (TPSA) is 49.9 Å². The second kappa shape index (κ2) is 12.8. The average Bonchev–Trinajstić information content (AvgIpc) is 3.44. The summed E-state index contributed by atoms with van der Waals surface area (Å²) in [7, 11) is 1.59. The van der Waals surface area contributed by atoms with Crippen LogP contribution in [0.5, 0.6) is 0 Å². The summed E-state index contributed by atoms with van der Waals surface area (Å²) in [5.74, 6) is -0.284. The molecule has 0 saturated heterocycles. The number of rotatable bonds is 11. The monoisotopic (exact) mass is 498 g/mol. The lowest BCUT2D eigenvalue weighted by Crippen LogP contribution is -2.43. The summed E-state index contributed by atoms with van der Waals surface area (Å²) in [5, 5.41) is 2.01. The molecule has 36 heavy (non-hydrogen) atoms. The van der Waals surface area contributed by atoms with Crippen LogP contribution in [0.4, 0.5) is 0 Å². The highest BCUT2D eigenvalue weighted by atomic mass is 32.1. The molecule has 0 radical (unpaired) electrons. The summed E-state index contributed by atoms with van der Waals surface area (Å²) < 4.78 is 5.24. The van der Waals surface area contributed by atoms with E-state index in [0.29, 0.717) is 31.8 Å². The fourth-order valence-electron chi connectivity index (χ4n) is 3.96. The Hall–Kier alpha value is -3.74. The zero-order valence-corrected chi connectivity index (χ0v) is 21.2. The molecule has 0 bridgehead atoms. The molecule has 0 unspecified atom stereocenters. The van der Waals surface area contributed by atoms with Crippen LogP contribution in [0.15, 0.2) is 102 Å². The van der Waals surface area contributed by atoms with Gasteiger partial charge in [-0.1, -0.05) is 78.9 Å². The molecule has 1 heterocycles. The van der Waals surface area contributed by atoms with Crippen molar-refractivity contribution in [3.63, 3.8) is 0 Å². The minimum atomic E-state index is -0.184. The predicted molar refractivity (Wildman–Crippen MR) is 145 cm³/mol. The van der Waals surface area contributed by atoms with E-state index in [1.54, 1.807) is 23.3 Å². The molecular weight excluding hydrogens is 468 g/mol. The van der Waals surface area contributed by atoms with Crippen LogP contribution in [0, 0.1) is 0 Å². The molecular formula is C30H30N2O3S. The number of thiophene rings is 1. The van der Waals surface area contributed by atoms with Crippen molar-refractivity contribution in [3.8, 4) is 11.1 Å². The van der Waals surface area contributed by atoms with Gasteiger partial charge >= 0.3 is 0 Å². The number of hydrogen-bond donors (Lipinski definition) is 0. The van der Waals surface area contributed by atoms with Crippen LogP contribution in [-0.2, 0) is 22.6 Å². The zero-order chi connectivity index (χ0) is 25.2. The number of carbonyl (C=O) groups is 2. The molecule has 4 aromatic rings. The van der Waals surface area contributed by atoms with Gasteiger partial charge in [-0.3, -0.25) is 9.59 Å². The first-order valence-corrected chi connectivity index (χ1v) is 12.8. The molecule has 1 aromatic heterocycles. The molecule has 0 spiro atoms. The van der Waals surface area contributed by atoms with Gasteiger partial charge in [0.2, 0.25) is 5.91 Å². The molecule has 0 fully saturated rings.